The number of hydrogen-bond donors (Lipinski definition) is 1. The van der Waals surface area contributed by atoms with Gasteiger partial charge in [-0.3, -0.25) is 0 Å². The van der Waals surface area contributed by atoms with Crippen LogP contribution in [0.15, 0.2) is 10.5 Å². The van der Waals surface area contributed by atoms with Crippen LogP contribution in [0.25, 0.3) is 0 Å². The van der Waals surface area contributed by atoms with E-state index in [9.17, 15) is 0 Å². The second-order valence-corrected chi connectivity index (χ2v) is 6.97. The number of aryl methyl sites for hydroxylation is 1. The maximum Gasteiger partial charge on any atom is 0.130 e. The van der Waals surface area contributed by atoms with Gasteiger partial charge in [0.1, 0.15) is 18.1 Å². The molecule has 21 heavy (non-hydrogen) atoms. The normalized spacial score (nSPS) is 17.3. The molecule has 0 unspecified atom stereocenters. The molecule has 1 fully saturated rings. The van der Waals surface area contributed by atoms with Crippen molar-refractivity contribution in [3.63, 3.8) is 0 Å². The fourth-order valence-corrected chi connectivity index (χ4v) is 2.43. The van der Waals surface area contributed by atoms with Gasteiger partial charge in [0.05, 0.1) is 6.61 Å². The lowest BCUT2D eigenvalue weighted by molar-refractivity contribution is 0.0118. The van der Waals surface area contributed by atoms with Gasteiger partial charge in [-0.25, -0.2) is 0 Å². The van der Waals surface area contributed by atoms with Crippen molar-refractivity contribution in [3.05, 3.63) is 23.2 Å². The highest BCUT2D eigenvalue weighted by molar-refractivity contribution is 5.20. The summed E-state index contributed by atoms with van der Waals surface area (Å²) in [5.74, 6) is 2.54. The van der Waals surface area contributed by atoms with E-state index in [2.05, 4.69) is 32.2 Å². The van der Waals surface area contributed by atoms with Crippen LogP contribution in [-0.4, -0.2) is 25.4 Å². The first kappa shape index (κ1) is 16.5. The van der Waals surface area contributed by atoms with Crippen molar-refractivity contribution in [2.75, 3.05) is 19.8 Å². The summed E-state index contributed by atoms with van der Waals surface area (Å²) in [6.45, 7) is 12.5. The average molecular weight is 295 g/mol. The smallest absolute Gasteiger partial charge is 0.130 e. The van der Waals surface area contributed by atoms with Gasteiger partial charge < -0.3 is 19.2 Å². The molecule has 0 saturated carbocycles. The van der Waals surface area contributed by atoms with Crippen molar-refractivity contribution in [3.8, 4) is 0 Å². The second-order valence-electron chi connectivity index (χ2n) is 6.97. The molecule has 0 bridgehead atoms. The van der Waals surface area contributed by atoms with Crippen LogP contribution in [0.4, 0.5) is 0 Å². The molecule has 0 aliphatic carbocycles. The molecule has 2 heterocycles. The Balaban J connectivity index is 1.76. The van der Waals surface area contributed by atoms with Crippen molar-refractivity contribution in [1.82, 2.24) is 5.32 Å². The largest absolute Gasteiger partial charge is 0.464 e. The number of rotatable bonds is 6. The lowest BCUT2D eigenvalue weighted by atomic mass is 10.0. The van der Waals surface area contributed by atoms with Crippen LogP contribution in [0.1, 0.15) is 50.7 Å². The quantitative estimate of drug-likeness (QED) is 0.873. The van der Waals surface area contributed by atoms with Gasteiger partial charge in [0, 0.05) is 30.9 Å². The molecule has 0 radical (unpaired) electrons. The molecule has 1 aromatic heterocycles. The van der Waals surface area contributed by atoms with Crippen LogP contribution in [0.3, 0.4) is 0 Å². The molecule has 0 spiro atoms. The summed E-state index contributed by atoms with van der Waals surface area (Å²) in [6, 6.07) is 2.11. The van der Waals surface area contributed by atoms with Gasteiger partial charge in [-0.1, -0.05) is 0 Å². The molecule has 1 saturated heterocycles. The highest BCUT2D eigenvalue weighted by atomic mass is 16.5. The SMILES string of the molecule is Cc1oc(COCC2CCOCC2)cc1CNC(C)(C)C. The van der Waals surface area contributed by atoms with Crippen molar-refractivity contribution >= 4 is 0 Å². The van der Waals surface area contributed by atoms with Gasteiger partial charge >= 0.3 is 0 Å². The van der Waals surface area contributed by atoms with E-state index >= 15 is 0 Å². The Hall–Kier alpha value is -0.840. The number of ether oxygens (including phenoxy) is 2. The molecule has 120 valence electrons. The van der Waals surface area contributed by atoms with E-state index < -0.39 is 0 Å². The van der Waals surface area contributed by atoms with Gasteiger partial charge in [0.15, 0.2) is 0 Å². The fourth-order valence-electron chi connectivity index (χ4n) is 2.43. The van der Waals surface area contributed by atoms with Crippen LogP contribution in [0.2, 0.25) is 0 Å². The van der Waals surface area contributed by atoms with Gasteiger partial charge in [0.2, 0.25) is 0 Å². The predicted octanol–water partition coefficient (Wildman–Crippen LogP) is 3.42. The highest BCUT2D eigenvalue weighted by Crippen LogP contribution is 2.19. The maximum atomic E-state index is 5.80. The summed E-state index contributed by atoms with van der Waals surface area (Å²) >= 11 is 0. The van der Waals surface area contributed by atoms with E-state index in [1.54, 1.807) is 0 Å². The monoisotopic (exact) mass is 295 g/mol. The van der Waals surface area contributed by atoms with Crippen molar-refractivity contribution in [2.24, 2.45) is 5.92 Å². The Morgan fingerprint density at radius 2 is 2.00 bits per heavy atom. The molecule has 4 nitrogen and oxygen atoms in total. The summed E-state index contributed by atoms with van der Waals surface area (Å²) in [5.41, 5.74) is 1.33. The molecule has 0 atom stereocenters. The standard InChI is InChI=1S/C17H29NO3/c1-13-15(10-18-17(2,3)4)9-16(21-13)12-20-11-14-5-7-19-8-6-14/h9,14,18H,5-8,10-12H2,1-4H3. The molecule has 1 aliphatic heterocycles. The lowest BCUT2D eigenvalue weighted by Gasteiger charge is -2.21. The molecule has 0 amide bonds. The summed E-state index contributed by atoms with van der Waals surface area (Å²) in [4.78, 5) is 0. The van der Waals surface area contributed by atoms with Gasteiger partial charge in [-0.2, -0.15) is 0 Å². The Kier molecular flexibility index (Phi) is 5.85. The molecular weight excluding hydrogens is 266 g/mol. The summed E-state index contributed by atoms with van der Waals surface area (Å²) in [6.07, 6.45) is 2.22. The van der Waals surface area contributed by atoms with Gasteiger partial charge in [-0.15, -0.1) is 0 Å². The molecule has 0 aromatic carbocycles. The summed E-state index contributed by atoms with van der Waals surface area (Å²) in [5, 5.41) is 3.49. The molecule has 4 heteroatoms. The zero-order valence-electron chi connectivity index (χ0n) is 13.8. The lowest BCUT2D eigenvalue weighted by Crippen LogP contribution is -2.35. The predicted molar refractivity (Wildman–Crippen MR) is 83.2 cm³/mol. The summed E-state index contributed by atoms with van der Waals surface area (Å²) in [7, 11) is 0. The molecule has 1 aliphatic rings. The Morgan fingerprint density at radius 3 is 2.67 bits per heavy atom. The molecular formula is C17H29NO3. The molecule has 1 aromatic rings. The first-order valence-electron chi connectivity index (χ1n) is 7.93. The van der Waals surface area contributed by atoms with Crippen LogP contribution < -0.4 is 5.32 Å². The third-order valence-corrected chi connectivity index (χ3v) is 3.82. The maximum absolute atomic E-state index is 5.80. The second kappa shape index (κ2) is 7.43. The van der Waals surface area contributed by atoms with Crippen LogP contribution in [0.5, 0.6) is 0 Å². The third-order valence-electron chi connectivity index (χ3n) is 3.82. The van der Waals surface area contributed by atoms with Gasteiger partial charge in [-0.05, 0) is 52.5 Å². The van der Waals surface area contributed by atoms with Gasteiger partial charge in [0.25, 0.3) is 0 Å². The number of hydrogen-bond acceptors (Lipinski definition) is 4. The van der Waals surface area contributed by atoms with E-state index in [0.717, 1.165) is 50.7 Å². The number of nitrogens with one attached hydrogen (secondary N) is 1. The third kappa shape index (κ3) is 5.81. The first-order valence-corrected chi connectivity index (χ1v) is 7.93. The first-order chi connectivity index (χ1) is 9.94. The number of furan rings is 1. The van der Waals surface area contributed by atoms with Crippen molar-refractivity contribution in [1.29, 1.82) is 0 Å². The van der Waals surface area contributed by atoms with Crippen molar-refractivity contribution < 1.29 is 13.9 Å². The van der Waals surface area contributed by atoms with E-state index in [4.69, 9.17) is 13.9 Å². The Bertz CT molecular complexity index is 428. The van der Waals surface area contributed by atoms with E-state index in [0.29, 0.717) is 12.5 Å². The topological polar surface area (TPSA) is 43.6 Å². The zero-order chi connectivity index (χ0) is 15.3. The van der Waals surface area contributed by atoms with E-state index in [-0.39, 0.29) is 5.54 Å². The summed E-state index contributed by atoms with van der Waals surface area (Å²) < 4.78 is 16.9. The minimum atomic E-state index is 0.115. The van der Waals surface area contributed by atoms with Crippen molar-refractivity contribution in [2.45, 2.75) is 59.2 Å². The zero-order valence-corrected chi connectivity index (χ0v) is 13.8. The Labute approximate surface area is 128 Å². The van der Waals surface area contributed by atoms with E-state index in [1.807, 2.05) is 6.92 Å². The van der Waals surface area contributed by atoms with Crippen LogP contribution >= 0.6 is 0 Å². The molecule has 1 N–H and O–H groups in total. The fraction of sp³-hybridized carbons (Fsp3) is 0.765. The average Bonchev–Trinajstić information content (AvgIpc) is 2.77. The Morgan fingerprint density at radius 1 is 1.29 bits per heavy atom. The van der Waals surface area contributed by atoms with E-state index in [1.165, 1.54) is 5.56 Å². The molecule has 2 rings (SSSR count). The minimum absolute atomic E-state index is 0.115. The highest BCUT2D eigenvalue weighted by Gasteiger charge is 2.15. The van der Waals surface area contributed by atoms with Crippen LogP contribution in [0, 0.1) is 12.8 Å². The minimum Gasteiger partial charge on any atom is -0.464 e. The van der Waals surface area contributed by atoms with Crippen LogP contribution in [-0.2, 0) is 22.6 Å².